The Morgan fingerprint density at radius 3 is 1.10 bits per heavy atom. The molecule has 4 rings (SSSR count). The van der Waals surface area contributed by atoms with Gasteiger partial charge in [0.1, 0.15) is 0 Å². The summed E-state index contributed by atoms with van der Waals surface area (Å²) in [6, 6.07) is 36.3. The lowest BCUT2D eigenvalue weighted by Gasteiger charge is -2.31. The molecule has 0 aliphatic rings. The molecular formula is C26H22Cl2N2. The smallest absolute Gasteiger partial charge is 0.0757 e. The fourth-order valence-electron chi connectivity index (χ4n) is 3.49. The molecule has 4 aromatic carbocycles. The summed E-state index contributed by atoms with van der Waals surface area (Å²) >= 11 is 12.3. The first-order valence-corrected chi connectivity index (χ1v) is 10.6. The first kappa shape index (κ1) is 20.3. The highest BCUT2D eigenvalue weighted by Gasteiger charge is 2.25. The van der Waals surface area contributed by atoms with Gasteiger partial charge in [0.15, 0.2) is 0 Å². The second-order valence-electron chi connectivity index (χ2n) is 7.08. The summed E-state index contributed by atoms with van der Waals surface area (Å²) in [7, 11) is 0. The van der Waals surface area contributed by atoms with E-state index in [0.717, 1.165) is 32.5 Å². The molecule has 4 aromatic rings. The number of para-hydroxylation sites is 2. The molecule has 0 aliphatic heterocycles. The zero-order valence-electron chi connectivity index (χ0n) is 16.3. The number of hydrogen-bond donors (Lipinski definition) is 2. The Labute approximate surface area is 187 Å². The Hall–Kier alpha value is -2.94. The summed E-state index contributed by atoms with van der Waals surface area (Å²) in [6.45, 7) is 0. The lowest BCUT2D eigenvalue weighted by molar-refractivity contribution is 0.650. The van der Waals surface area contributed by atoms with E-state index in [-0.39, 0.29) is 12.1 Å². The Morgan fingerprint density at radius 1 is 0.433 bits per heavy atom. The summed E-state index contributed by atoms with van der Waals surface area (Å²) < 4.78 is 0. The maximum absolute atomic E-state index is 6.17. The molecule has 30 heavy (non-hydrogen) atoms. The van der Waals surface area contributed by atoms with Gasteiger partial charge >= 0.3 is 0 Å². The lowest BCUT2D eigenvalue weighted by atomic mass is 9.92. The van der Waals surface area contributed by atoms with Gasteiger partial charge in [-0.05, 0) is 59.7 Å². The van der Waals surface area contributed by atoms with Crippen LogP contribution in [0.1, 0.15) is 23.2 Å². The quantitative estimate of drug-likeness (QED) is 0.309. The minimum Gasteiger partial charge on any atom is -0.376 e. The molecule has 0 heterocycles. The molecule has 2 N–H and O–H groups in total. The van der Waals surface area contributed by atoms with E-state index >= 15 is 0 Å². The molecule has 0 amide bonds. The van der Waals surface area contributed by atoms with Crippen LogP contribution >= 0.6 is 23.2 Å². The fraction of sp³-hybridized carbons (Fsp3) is 0.0769. The van der Waals surface area contributed by atoms with Crippen LogP contribution in [0.4, 0.5) is 11.4 Å². The molecular weight excluding hydrogens is 411 g/mol. The summed E-state index contributed by atoms with van der Waals surface area (Å²) in [6.07, 6.45) is 0. The Bertz CT molecular complexity index is 961. The number of halogens is 2. The van der Waals surface area contributed by atoms with Gasteiger partial charge in [0.05, 0.1) is 12.1 Å². The van der Waals surface area contributed by atoms with E-state index in [0.29, 0.717) is 0 Å². The number of nitrogens with one attached hydrogen (secondary N) is 2. The van der Waals surface area contributed by atoms with E-state index in [2.05, 4.69) is 59.2 Å². The maximum atomic E-state index is 6.17. The van der Waals surface area contributed by atoms with Crippen LogP contribution < -0.4 is 10.6 Å². The Balaban J connectivity index is 1.78. The number of benzene rings is 4. The van der Waals surface area contributed by atoms with Gasteiger partial charge in [0.2, 0.25) is 0 Å². The predicted molar refractivity (Wildman–Crippen MR) is 129 cm³/mol. The summed E-state index contributed by atoms with van der Waals surface area (Å²) in [5.74, 6) is 0. The van der Waals surface area contributed by atoms with Crippen molar-refractivity contribution in [3.05, 3.63) is 130 Å². The molecule has 4 heteroatoms. The molecule has 0 unspecified atom stereocenters. The van der Waals surface area contributed by atoms with Gasteiger partial charge < -0.3 is 10.6 Å². The molecule has 0 saturated carbocycles. The molecule has 0 aliphatic carbocycles. The lowest BCUT2D eigenvalue weighted by Crippen LogP contribution is -2.25. The maximum Gasteiger partial charge on any atom is 0.0757 e. The van der Waals surface area contributed by atoms with Crippen LogP contribution in [0.5, 0.6) is 0 Å². The van der Waals surface area contributed by atoms with Crippen molar-refractivity contribution in [2.75, 3.05) is 10.6 Å². The van der Waals surface area contributed by atoms with E-state index in [4.69, 9.17) is 23.2 Å². The highest BCUT2D eigenvalue weighted by atomic mass is 35.5. The second-order valence-corrected chi connectivity index (χ2v) is 7.95. The van der Waals surface area contributed by atoms with Gasteiger partial charge in [-0.3, -0.25) is 0 Å². The number of hydrogen-bond acceptors (Lipinski definition) is 2. The molecule has 0 spiro atoms. The molecule has 0 radical (unpaired) electrons. The van der Waals surface area contributed by atoms with Gasteiger partial charge in [0, 0.05) is 21.4 Å². The number of rotatable bonds is 7. The van der Waals surface area contributed by atoms with Crippen LogP contribution in [-0.4, -0.2) is 0 Å². The van der Waals surface area contributed by atoms with Crippen LogP contribution in [0.3, 0.4) is 0 Å². The number of anilines is 2. The summed E-state index contributed by atoms with van der Waals surface area (Å²) in [5, 5.41) is 8.86. The van der Waals surface area contributed by atoms with E-state index in [1.807, 2.05) is 60.7 Å². The van der Waals surface area contributed by atoms with Crippen LogP contribution in [0.15, 0.2) is 109 Å². The second kappa shape index (κ2) is 9.71. The monoisotopic (exact) mass is 432 g/mol. The van der Waals surface area contributed by atoms with Crippen molar-refractivity contribution in [1.82, 2.24) is 0 Å². The average molecular weight is 433 g/mol. The standard InChI is InChI=1S/C26H22Cl2N2/c27-21-15-11-19(12-16-21)25(29-23-7-3-1-4-8-23)26(20-13-17-22(28)18-14-20)30-24-9-5-2-6-10-24/h1-18,25-26,29-30H/t25-,26-/m0/s1. The SMILES string of the molecule is Clc1ccc([C@H](Nc2ccccc2)[C@@H](Nc2ccccc2)c2ccc(Cl)cc2)cc1. The van der Waals surface area contributed by atoms with Crippen molar-refractivity contribution in [2.24, 2.45) is 0 Å². The molecule has 0 aromatic heterocycles. The van der Waals surface area contributed by atoms with Crippen molar-refractivity contribution in [3.63, 3.8) is 0 Å². The Kier molecular flexibility index (Phi) is 6.58. The van der Waals surface area contributed by atoms with Gasteiger partial charge in [-0.1, -0.05) is 83.9 Å². The van der Waals surface area contributed by atoms with Gasteiger partial charge in [-0.25, -0.2) is 0 Å². The third kappa shape index (κ3) is 5.15. The third-order valence-electron chi connectivity index (χ3n) is 4.98. The van der Waals surface area contributed by atoms with Crippen LogP contribution in [0.2, 0.25) is 10.0 Å². The van der Waals surface area contributed by atoms with E-state index in [1.54, 1.807) is 0 Å². The topological polar surface area (TPSA) is 24.1 Å². The van der Waals surface area contributed by atoms with Crippen molar-refractivity contribution in [3.8, 4) is 0 Å². The summed E-state index contributed by atoms with van der Waals surface area (Å²) in [5.41, 5.74) is 4.36. The largest absolute Gasteiger partial charge is 0.376 e. The molecule has 0 bridgehead atoms. The molecule has 150 valence electrons. The molecule has 0 saturated heterocycles. The molecule has 0 fully saturated rings. The minimum atomic E-state index is -0.0500. The van der Waals surface area contributed by atoms with Gasteiger partial charge in [0.25, 0.3) is 0 Å². The fourth-order valence-corrected chi connectivity index (χ4v) is 3.74. The highest BCUT2D eigenvalue weighted by molar-refractivity contribution is 6.30. The zero-order chi connectivity index (χ0) is 20.8. The Morgan fingerprint density at radius 2 is 0.767 bits per heavy atom. The van der Waals surface area contributed by atoms with Crippen LogP contribution in [-0.2, 0) is 0 Å². The minimum absolute atomic E-state index is 0.0500. The normalized spacial score (nSPS) is 12.7. The van der Waals surface area contributed by atoms with E-state index < -0.39 is 0 Å². The zero-order valence-corrected chi connectivity index (χ0v) is 17.8. The highest BCUT2D eigenvalue weighted by Crippen LogP contribution is 2.36. The summed E-state index contributed by atoms with van der Waals surface area (Å²) in [4.78, 5) is 0. The van der Waals surface area contributed by atoms with Crippen LogP contribution in [0, 0.1) is 0 Å². The average Bonchev–Trinajstić information content (AvgIpc) is 2.79. The first-order valence-electron chi connectivity index (χ1n) is 9.83. The van der Waals surface area contributed by atoms with E-state index in [1.165, 1.54) is 0 Å². The van der Waals surface area contributed by atoms with Crippen molar-refractivity contribution in [2.45, 2.75) is 12.1 Å². The van der Waals surface area contributed by atoms with Gasteiger partial charge in [-0.15, -0.1) is 0 Å². The third-order valence-corrected chi connectivity index (χ3v) is 5.49. The van der Waals surface area contributed by atoms with Crippen molar-refractivity contribution < 1.29 is 0 Å². The van der Waals surface area contributed by atoms with Gasteiger partial charge in [-0.2, -0.15) is 0 Å². The van der Waals surface area contributed by atoms with Crippen molar-refractivity contribution >= 4 is 34.6 Å². The first-order chi connectivity index (χ1) is 14.7. The van der Waals surface area contributed by atoms with Crippen LogP contribution in [0.25, 0.3) is 0 Å². The van der Waals surface area contributed by atoms with Crippen molar-refractivity contribution in [1.29, 1.82) is 0 Å². The molecule has 2 nitrogen and oxygen atoms in total. The molecule has 2 atom stereocenters. The predicted octanol–water partition coefficient (Wildman–Crippen LogP) is 8.00. The van der Waals surface area contributed by atoms with E-state index in [9.17, 15) is 0 Å².